The molecule has 3 rings (SSSR count). The lowest BCUT2D eigenvalue weighted by Gasteiger charge is -2.26. The second kappa shape index (κ2) is 12.4. The van der Waals surface area contributed by atoms with Gasteiger partial charge in [-0.1, -0.05) is 18.2 Å². The van der Waals surface area contributed by atoms with Crippen molar-refractivity contribution in [2.75, 3.05) is 39.6 Å². The molecule has 0 radical (unpaired) electrons. The molecule has 1 heterocycles. The second-order valence-electron chi connectivity index (χ2n) is 7.80. The van der Waals surface area contributed by atoms with Gasteiger partial charge < -0.3 is 31.6 Å². The van der Waals surface area contributed by atoms with E-state index < -0.39 is 12.5 Å². The van der Waals surface area contributed by atoms with E-state index >= 15 is 0 Å². The zero-order valence-corrected chi connectivity index (χ0v) is 19.0. The van der Waals surface area contributed by atoms with Crippen molar-refractivity contribution in [3.63, 3.8) is 0 Å². The van der Waals surface area contributed by atoms with Crippen LogP contribution in [-0.2, 0) is 12.5 Å². The average molecular weight is 463 g/mol. The van der Waals surface area contributed by atoms with Crippen molar-refractivity contribution >= 4 is 18.2 Å². The SMILES string of the molecule is CNCc1cccc(C(F)(F)CO)c1.COc1c(C2CCNCC2)cc(C=O)c(N)c1C=N. The van der Waals surface area contributed by atoms with Crippen molar-refractivity contribution in [2.45, 2.75) is 31.2 Å². The van der Waals surface area contributed by atoms with Gasteiger partial charge in [-0.05, 0) is 62.2 Å². The highest BCUT2D eigenvalue weighted by Gasteiger charge is 2.30. The summed E-state index contributed by atoms with van der Waals surface area (Å²) in [7, 11) is 3.32. The smallest absolute Gasteiger partial charge is 0.295 e. The summed E-state index contributed by atoms with van der Waals surface area (Å²) in [6.45, 7) is 1.29. The summed E-state index contributed by atoms with van der Waals surface area (Å²) in [4.78, 5) is 11.1. The van der Waals surface area contributed by atoms with Crippen molar-refractivity contribution < 1.29 is 23.4 Å². The van der Waals surface area contributed by atoms with Crippen LogP contribution in [0.3, 0.4) is 0 Å². The van der Waals surface area contributed by atoms with E-state index in [0.717, 1.165) is 49.6 Å². The predicted octanol–water partition coefficient (Wildman–Crippen LogP) is 3.04. The molecule has 7 nitrogen and oxygen atoms in total. The molecular formula is C24H32F2N4O3. The Hall–Kier alpha value is -2.88. The number of alkyl halides is 2. The molecule has 0 spiro atoms. The second-order valence-corrected chi connectivity index (χ2v) is 7.80. The number of methoxy groups -OCH3 is 1. The maximum absolute atomic E-state index is 13.0. The van der Waals surface area contributed by atoms with Gasteiger partial charge in [0.25, 0.3) is 5.92 Å². The Balaban J connectivity index is 0.000000245. The molecule has 180 valence electrons. The van der Waals surface area contributed by atoms with Gasteiger partial charge in [-0.25, -0.2) is 0 Å². The van der Waals surface area contributed by atoms with Crippen LogP contribution in [0.2, 0.25) is 0 Å². The Morgan fingerprint density at radius 3 is 2.58 bits per heavy atom. The van der Waals surface area contributed by atoms with Crippen LogP contribution in [0.25, 0.3) is 0 Å². The summed E-state index contributed by atoms with van der Waals surface area (Å²) in [5.41, 5.74) is 8.78. The number of carbonyl (C=O) groups excluding carboxylic acids is 1. The van der Waals surface area contributed by atoms with E-state index in [0.29, 0.717) is 35.0 Å². The van der Waals surface area contributed by atoms with Crippen molar-refractivity contribution in [1.82, 2.24) is 10.6 Å². The Kier molecular flexibility index (Phi) is 9.90. The van der Waals surface area contributed by atoms with Crippen molar-refractivity contribution in [3.8, 4) is 5.75 Å². The molecule has 0 aliphatic carbocycles. The molecule has 9 heteroatoms. The number of hydrogen-bond donors (Lipinski definition) is 5. The van der Waals surface area contributed by atoms with Gasteiger partial charge in [0, 0.05) is 23.9 Å². The number of halogens is 2. The lowest BCUT2D eigenvalue weighted by Crippen LogP contribution is -2.27. The molecule has 0 atom stereocenters. The van der Waals surface area contributed by atoms with Gasteiger partial charge in [0.15, 0.2) is 6.29 Å². The van der Waals surface area contributed by atoms with E-state index in [2.05, 4.69) is 10.6 Å². The highest BCUT2D eigenvalue weighted by Crippen LogP contribution is 2.38. The normalized spacial score (nSPS) is 14.2. The van der Waals surface area contributed by atoms with Gasteiger partial charge in [-0.2, -0.15) is 8.78 Å². The predicted molar refractivity (Wildman–Crippen MR) is 126 cm³/mol. The fourth-order valence-electron chi connectivity index (χ4n) is 3.85. The van der Waals surface area contributed by atoms with Crippen LogP contribution in [-0.4, -0.2) is 51.5 Å². The molecule has 1 aliphatic rings. The fourth-order valence-corrected chi connectivity index (χ4v) is 3.85. The molecule has 0 saturated carbocycles. The summed E-state index contributed by atoms with van der Waals surface area (Å²) in [5, 5.41) is 22.2. The summed E-state index contributed by atoms with van der Waals surface area (Å²) in [5.74, 6) is -2.18. The number of aldehydes is 1. The lowest BCUT2D eigenvalue weighted by atomic mass is 9.86. The van der Waals surface area contributed by atoms with Gasteiger partial charge in [0.05, 0.1) is 18.4 Å². The number of carbonyl (C=O) groups is 1. The van der Waals surface area contributed by atoms with Crippen LogP contribution in [0.5, 0.6) is 5.75 Å². The monoisotopic (exact) mass is 462 g/mol. The van der Waals surface area contributed by atoms with Crippen LogP contribution < -0.4 is 21.1 Å². The number of ether oxygens (including phenoxy) is 1. The summed E-state index contributed by atoms with van der Waals surface area (Å²) in [6.07, 6.45) is 3.89. The Morgan fingerprint density at radius 1 is 1.33 bits per heavy atom. The first-order valence-electron chi connectivity index (χ1n) is 10.7. The molecule has 2 aromatic rings. The number of anilines is 1. The number of piperidine rings is 1. The third-order valence-corrected chi connectivity index (χ3v) is 5.60. The summed E-state index contributed by atoms with van der Waals surface area (Å²) < 4.78 is 31.5. The number of aliphatic hydroxyl groups is 1. The summed E-state index contributed by atoms with van der Waals surface area (Å²) >= 11 is 0. The molecule has 1 fully saturated rings. The Morgan fingerprint density at radius 2 is 2.03 bits per heavy atom. The number of aliphatic hydroxyl groups excluding tert-OH is 1. The van der Waals surface area contributed by atoms with E-state index in [1.807, 2.05) is 6.07 Å². The highest BCUT2D eigenvalue weighted by atomic mass is 19.3. The zero-order chi connectivity index (χ0) is 24.4. The summed E-state index contributed by atoms with van der Waals surface area (Å²) in [6, 6.07) is 7.84. The molecule has 0 bridgehead atoms. The van der Waals surface area contributed by atoms with Gasteiger partial charge in [0.2, 0.25) is 0 Å². The third kappa shape index (κ3) is 6.56. The van der Waals surface area contributed by atoms with Gasteiger partial charge in [0.1, 0.15) is 12.4 Å². The molecule has 1 aliphatic heterocycles. The maximum atomic E-state index is 13.0. The topological polar surface area (TPSA) is 120 Å². The number of rotatable bonds is 8. The lowest BCUT2D eigenvalue weighted by molar-refractivity contribution is -0.0556. The molecule has 0 aromatic heterocycles. The number of nitrogens with one attached hydrogen (secondary N) is 3. The van der Waals surface area contributed by atoms with Crippen LogP contribution in [0.4, 0.5) is 14.5 Å². The minimum Gasteiger partial charge on any atom is -0.496 e. The number of benzene rings is 2. The highest BCUT2D eigenvalue weighted by molar-refractivity contribution is 5.97. The average Bonchev–Trinajstić information content (AvgIpc) is 2.85. The quantitative estimate of drug-likeness (QED) is 0.234. The first kappa shape index (κ1) is 26.4. The molecule has 6 N–H and O–H groups in total. The Bertz CT molecular complexity index is 948. The first-order chi connectivity index (χ1) is 15.8. The number of nitrogens with two attached hydrogens (primary N) is 1. The molecule has 0 amide bonds. The van der Waals surface area contributed by atoms with Crippen LogP contribution in [0.15, 0.2) is 30.3 Å². The van der Waals surface area contributed by atoms with E-state index in [9.17, 15) is 13.6 Å². The first-order valence-corrected chi connectivity index (χ1v) is 10.7. The molecular weight excluding hydrogens is 430 g/mol. The van der Waals surface area contributed by atoms with E-state index in [-0.39, 0.29) is 5.56 Å². The van der Waals surface area contributed by atoms with Crippen LogP contribution in [0.1, 0.15) is 51.4 Å². The third-order valence-electron chi connectivity index (χ3n) is 5.60. The minimum absolute atomic E-state index is 0.146. The largest absolute Gasteiger partial charge is 0.496 e. The molecule has 0 unspecified atom stereocenters. The van der Waals surface area contributed by atoms with E-state index in [1.54, 1.807) is 26.3 Å². The fraction of sp³-hybridized carbons (Fsp3) is 0.417. The van der Waals surface area contributed by atoms with Gasteiger partial charge >= 0.3 is 0 Å². The van der Waals surface area contributed by atoms with Gasteiger partial charge in [-0.3, -0.25) is 4.79 Å². The number of nitrogen functional groups attached to an aromatic ring is 1. The van der Waals surface area contributed by atoms with Crippen LogP contribution in [0, 0.1) is 5.41 Å². The zero-order valence-electron chi connectivity index (χ0n) is 19.0. The molecule has 1 saturated heterocycles. The van der Waals surface area contributed by atoms with E-state index in [1.165, 1.54) is 12.1 Å². The van der Waals surface area contributed by atoms with Gasteiger partial charge in [-0.15, -0.1) is 0 Å². The number of hydrogen-bond acceptors (Lipinski definition) is 7. The standard InChI is InChI=1S/C14H19N3O2.C10H13F2NO/c1-19-14-11(9-2-4-17-5-3-9)6-10(8-18)13(16)12(14)7-15;1-13-6-8-3-2-4-9(5-8)10(11,12)7-14/h6-9,15,17H,2-5,16H2,1H3;2-5,13-14H,6-7H2,1H3. The molecule has 33 heavy (non-hydrogen) atoms. The minimum atomic E-state index is -3.15. The molecule has 2 aromatic carbocycles. The van der Waals surface area contributed by atoms with Crippen LogP contribution >= 0.6 is 0 Å². The van der Waals surface area contributed by atoms with Crippen molar-refractivity contribution in [1.29, 1.82) is 5.41 Å². The van der Waals surface area contributed by atoms with Crippen molar-refractivity contribution in [2.24, 2.45) is 0 Å². The maximum Gasteiger partial charge on any atom is 0.295 e. The van der Waals surface area contributed by atoms with Crippen molar-refractivity contribution in [3.05, 3.63) is 58.1 Å². The Labute approximate surface area is 192 Å². The van der Waals surface area contributed by atoms with E-state index in [4.69, 9.17) is 21.0 Å².